The van der Waals surface area contributed by atoms with E-state index in [1.54, 1.807) is 56.6 Å². The summed E-state index contributed by atoms with van der Waals surface area (Å²) in [7, 11) is 3.21. The van der Waals surface area contributed by atoms with Crippen LogP contribution in [0.15, 0.2) is 63.8 Å². The molecule has 1 heterocycles. The van der Waals surface area contributed by atoms with E-state index < -0.39 is 6.09 Å². The Morgan fingerprint density at radius 2 is 1.83 bits per heavy atom. The van der Waals surface area contributed by atoms with Gasteiger partial charge in [-0.2, -0.15) is 0 Å². The molecule has 5 heteroatoms. The molecule has 0 saturated heterocycles. The Bertz CT molecular complexity index is 927. The standard InChI is InChI=1S/C18H15NO4/c1-19(2)18(21)22-13-7-5-6-12(10-13)17-11-15(20)14-8-3-4-9-16(14)23-17/h3-11H,1-2H3. The molecule has 0 spiro atoms. The lowest BCUT2D eigenvalue weighted by Crippen LogP contribution is -2.25. The minimum Gasteiger partial charge on any atom is -0.456 e. The Hall–Kier alpha value is -3.08. The molecule has 0 atom stereocenters. The first-order valence-electron chi connectivity index (χ1n) is 7.07. The second-order valence-corrected chi connectivity index (χ2v) is 5.26. The number of nitrogens with zero attached hydrogens (tertiary/aromatic N) is 1. The molecule has 0 aliphatic heterocycles. The predicted molar refractivity (Wildman–Crippen MR) is 87.6 cm³/mol. The number of amides is 1. The highest BCUT2D eigenvalue weighted by atomic mass is 16.6. The second kappa shape index (κ2) is 5.96. The largest absolute Gasteiger partial charge is 0.456 e. The number of para-hydroxylation sites is 1. The topological polar surface area (TPSA) is 59.8 Å². The number of rotatable bonds is 2. The van der Waals surface area contributed by atoms with Gasteiger partial charge in [-0.1, -0.05) is 24.3 Å². The molecule has 0 aliphatic rings. The average molecular weight is 309 g/mol. The zero-order valence-corrected chi connectivity index (χ0v) is 12.8. The zero-order valence-electron chi connectivity index (χ0n) is 12.8. The Kier molecular flexibility index (Phi) is 3.85. The average Bonchev–Trinajstić information content (AvgIpc) is 2.55. The van der Waals surface area contributed by atoms with Gasteiger partial charge in [0.25, 0.3) is 0 Å². The molecule has 0 radical (unpaired) electrons. The van der Waals surface area contributed by atoms with E-state index in [9.17, 15) is 9.59 Å². The van der Waals surface area contributed by atoms with Gasteiger partial charge in [0.2, 0.25) is 0 Å². The lowest BCUT2D eigenvalue weighted by molar-refractivity contribution is 0.172. The minimum absolute atomic E-state index is 0.113. The fourth-order valence-electron chi connectivity index (χ4n) is 2.15. The van der Waals surface area contributed by atoms with E-state index in [1.165, 1.54) is 11.0 Å². The summed E-state index contributed by atoms with van der Waals surface area (Å²) in [4.78, 5) is 25.1. The zero-order chi connectivity index (χ0) is 16.4. The van der Waals surface area contributed by atoms with E-state index in [-0.39, 0.29) is 5.43 Å². The van der Waals surface area contributed by atoms with E-state index in [0.717, 1.165) is 0 Å². The van der Waals surface area contributed by atoms with E-state index in [4.69, 9.17) is 9.15 Å². The summed E-state index contributed by atoms with van der Waals surface area (Å²) in [5, 5.41) is 0.534. The van der Waals surface area contributed by atoms with Crippen LogP contribution in [0.25, 0.3) is 22.3 Å². The van der Waals surface area contributed by atoms with Crippen molar-refractivity contribution < 1.29 is 13.9 Å². The van der Waals surface area contributed by atoms with Crippen LogP contribution in [-0.4, -0.2) is 25.1 Å². The van der Waals surface area contributed by atoms with Crippen LogP contribution in [0, 0.1) is 0 Å². The fraction of sp³-hybridized carbons (Fsp3) is 0.111. The molecule has 0 saturated carbocycles. The summed E-state index contributed by atoms with van der Waals surface area (Å²) >= 11 is 0. The first-order valence-corrected chi connectivity index (χ1v) is 7.07. The first-order chi connectivity index (χ1) is 11.0. The third-order valence-corrected chi connectivity index (χ3v) is 3.32. The normalized spacial score (nSPS) is 10.5. The van der Waals surface area contributed by atoms with Crippen molar-refractivity contribution in [1.82, 2.24) is 4.90 Å². The molecular formula is C18H15NO4. The number of ether oxygens (including phenoxy) is 1. The molecule has 116 valence electrons. The summed E-state index contributed by atoms with van der Waals surface area (Å²) in [5.41, 5.74) is 1.07. The quantitative estimate of drug-likeness (QED) is 0.726. The van der Waals surface area contributed by atoms with Gasteiger partial charge in [-0.15, -0.1) is 0 Å². The minimum atomic E-state index is -0.470. The molecule has 1 amide bonds. The summed E-state index contributed by atoms with van der Waals surface area (Å²) in [6.07, 6.45) is -0.470. The van der Waals surface area contributed by atoms with Crippen molar-refractivity contribution in [1.29, 1.82) is 0 Å². The smallest absolute Gasteiger partial charge is 0.414 e. The SMILES string of the molecule is CN(C)C(=O)Oc1cccc(-c2cc(=O)c3ccccc3o2)c1. The molecule has 3 aromatic rings. The van der Waals surface area contributed by atoms with Gasteiger partial charge in [0.15, 0.2) is 5.43 Å². The number of carbonyl (C=O) groups is 1. The van der Waals surface area contributed by atoms with Crippen LogP contribution in [0.4, 0.5) is 4.79 Å². The Morgan fingerprint density at radius 3 is 2.61 bits per heavy atom. The predicted octanol–water partition coefficient (Wildman–Crippen LogP) is 3.52. The van der Waals surface area contributed by atoms with E-state index in [1.807, 2.05) is 6.07 Å². The fourth-order valence-corrected chi connectivity index (χ4v) is 2.15. The highest BCUT2D eigenvalue weighted by Gasteiger charge is 2.10. The Morgan fingerprint density at radius 1 is 1.04 bits per heavy atom. The summed E-state index contributed by atoms with van der Waals surface area (Å²) in [6, 6.07) is 15.4. The first kappa shape index (κ1) is 14.8. The molecule has 23 heavy (non-hydrogen) atoms. The number of benzene rings is 2. The number of carbonyl (C=O) groups excluding carboxylic acids is 1. The maximum atomic E-state index is 12.2. The maximum Gasteiger partial charge on any atom is 0.414 e. The summed E-state index contributed by atoms with van der Waals surface area (Å²) in [6.45, 7) is 0. The highest BCUT2D eigenvalue weighted by molar-refractivity contribution is 5.78. The number of fused-ring (bicyclic) bond motifs is 1. The van der Waals surface area contributed by atoms with Gasteiger partial charge in [-0.05, 0) is 24.3 Å². The molecule has 0 N–H and O–H groups in total. The lowest BCUT2D eigenvalue weighted by atomic mass is 10.1. The third kappa shape index (κ3) is 3.08. The Labute approximate surface area is 132 Å². The van der Waals surface area contributed by atoms with Crippen molar-refractivity contribution in [3.05, 3.63) is 64.8 Å². The van der Waals surface area contributed by atoms with Crippen molar-refractivity contribution in [2.45, 2.75) is 0 Å². The molecule has 0 aliphatic carbocycles. The van der Waals surface area contributed by atoms with Crippen LogP contribution in [-0.2, 0) is 0 Å². The van der Waals surface area contributed by atoms with Crippen LogP contribution in [0.3, 0.4) is 0 Å². The van der Waals surface area contributed by atoms with Gasteiger partial charge in [-0.25, -0.2) is 4.79 Å². The van der Waals surface area contributed by atoms with Crippen LogP contribution in [0.5, 0.6) is 5.75 Å². The second-order valence-electron chi connectivity index (χ2n) is 5.26. The van der Waals surface area contributed by atoms with Crippen LogP contribution >= 0.6 is 0 Å². The van der Waals surface area contributed by atoms with Crippen LogP contribution in [0.2, 0.25) is 0 Å². The molecule has 1 aromatic heterocycles. The summed E-state index contributed by atoms with van der Waals surface area (Å²) in [5.74, 6) is 0.813. The van der Waals surface area contributed by atoms with Gasteiger partial charge >= 0.3 is 6.09 Å². The number of hydrogen-bond donors (Lipinski definition) is 0. The van der Waals surface area contributed by atoms with Gasteiger partial charge in [-0.3, -0.25) is 4.79 Å². The maximum absolute atomic E-state index is 12.2. The van der Waals surface area contributed by atoms with E-state index in [2.05, 4.69) is 0 Å². The summed E-state index contributed by atoms with van der Waals surface area (Å²) < 4.78 is 11.0. The molecule has 0 fully saturated rings. The molecule has 0 unspecified atom stereocenters. The molecular weight excluding hydrogens is 294 g/mol. The van der Waals surface area contributed by atoms with Crippen molar-refractivity contribution >= 4 is 17.1 Å². The van der Waals surface area contributed by atoms with Gasteiger partial charge < -0.3 is 14.1 Å². The molecule has 2 aromatic carbocycles. The van der Waals surface area contributed by atoms with Crippen LogP contribution < -0.4 is 10.2 Å². The van der Waals surface area contributed by atoms with Gasteiger partial charge in [0.05, 0.1) is 5.39 Å². The molecule has 0 bridgehead atoms. The monoisotopic (exact) mass is 309 g/mol. The van der Waals surface area contributed by atoms with Crippen LogP contribution in [0.1, 0.15) is 0 Å². The molecule has 3 rings (SSSR count). The van der Waals surface area contributed by atoms with E-state index in [0.29, 0.717) is 28.0 Å². The third-order valence-electron chi connectivity index (χ3n) is 3.32. The lowest BCUT2D eigenvalue weighted by Gasteiger charge is -2.11. The number of hydrogen-bond acceptors (Lipinski definition) is 4. The van der Waals surface area contributed by atoms with Crippen molar-refractivity contribution in [2.75, 3.05) is 14.1 Å². The Balaban J connectivity index is 2.02. The van der Waals surface area contributed by atoms with Crippen molar-refractivity contribution in [3.63, 3.8) is 0 Å². The van der Waals surface area contributed by atoms with Gasteiger partial charge in [0.1, 0.15) is 17.1 Å². The van der Waals surface area contributed by atoms with Gasteiger partial charge in [0, 0.05) is 25.7 Å². The van der Waals surface area contributed by atoms with E-state index >= 15 is 0 Å². The highest BCUT2D eigenvalue weighted by Crippen LogP contribution is 2.25. The van der Waals surface area contributed by atoms with Crippen molar-refractivity contribution in [2.24, 2.45) is 0 Å². The van der Waals surface area contributed by atoms with Crippen molar-refractivity contribution in [3.8, 4) is 17.1 Å². The molecule has 5 nitrogen and oxygen atoms in total.